The van der Waals surface area contributed by atoms with Crippen LogP contribution in [0.1, 0.15) is 18.9 Å². The molecule has 3 rings (SSSR count). The van der Waals surface area contributed by atoms with E-state index >= 15 is 0 Å². The molecule has 1 heterocycles. The number of nitrogens with one attached hydrogen (secondary N) is 1. The number of benzene rings is 2. The second kappa shape index (κ2) is 8.81. The number of fused-ring (bicyclic) bond motifs is 1. The molecular weight excluding hydrogens is 391 g/mol. The molecule has 2 aromatic carbocycles. The third-order valence-electron chi connectivity index (χ3n) is 4.30. The summed E-state index contributed by atoms with van der Waals surface area (Å²) in [6.45, 7) is 2.41. The van der Waals surface area contributed by atoms with E-state index in [4.69, 9.17) is 33.3 Å². The minimum atomic E-state index is 0. The van der Waals surface area contributed by atoms with Crippen molar-refractivity contribution in [2.75, 3.05) is 6.61 Å². The van der Waals surface area contributed by atoms with Gasteiger partial charge in [-0.2, -0.15) is 0 Å². The maximum atomic E-state index is 7.93. The standard InChI is InChI=1S/C20H20Cl2N2O.ClH/c1-3-25-19(23)11-9-16-17-12-15(22)8-10-18(17)24(2)20(16)13-4-6-14(21)7-5-13;/h4-8,10,12,23H,3,9,11H2,1-2H3;1H. The predicted octanol–water partition coefficient (Wildman–Crippen LogP) is 6.52. The summed E-state index contributed by atoms with van der Waals surface area (Å²) in [4.78, 5) is 0. The van der Waals surface area contributed by atoms with Crippen LogP contribution in [0.25, 0.3) is 22.2 Å². The predicted molar refractivity (Wildman–Crippen MR) is 113 cm³/mol. The van der Waals surface area contributed by atoms with Crippen LogP contribution < -0.4 is 0 Å². The first kappa shape index (κ1) is 20.6. The fraction of sp³-hybridized carbons (Fsp3) is 0.250. The van der Waals surface area contributed by atoms with Gasteiger partial charge >= 0.3 is 0 Å². The molecule has 0 saturated heterocycles. The highest BCUT2D eigenvalue weighted by atomic mass is 35.5. The summed E-state index contributed by atoms with van der Waals surface area (Å²) in [7, 11) is 2.05. The maximum absolute atomic E-state index is 7.93. The zero-order chi connectivity index (χ0) is 18.0. The van der Waals surface area contributed by atoms with Crippen LogP contribution in [0.15, 0.2) is 42.5 Å². The Hall–Kier alpha value is -1.68. The van der Waals surface area contributed by atoms with Crippen molar-refractivity contribution < 1.29 is 4.74 Å². The van der Waals surface area contributed by atoms with E-state index < -0.39 is 0 Å². The molecule has 0 radical (unpaired) electrons. The van der Waals surface area contributed by atoms with E-state index in [1.165, 1.54) is 5.56 Å². The van der Waals surface area contributed by atoms with Gasteiger partial charge in [0.2, 0.25) is 0 Å². The zero-order valence-corrected chi connectivity index (χ0v) is 17.0. The summed E-state index contributed by atoms with van der Waals surface area (Å²) in [5.41, 5.74) is 4.51. The highest BCUT2D eigenvalue weighted by Gasteiger charge is 2.17. The molecule has 0 aliphatic carbocycles. The molecule has 26 heavy (non-hydrogen) atoms. The average molecular weight is 412 g/mol. The third kappa shape index (κ3) is 4.17. The number of nitrogens with zero attached hydrogens (tertiary/aromatic N) is 1. The van der Waals surface area contributed by atoms with Gasteiger partial charge in [0.1, 0.15) is 0 Å². The van der Waals surface area contributed by atoms with Crippen LogP contribution in [-0.4, -0.2) is 17.1 Å². The monoisotopic (exact) mass is 410 g/mol. The van der Waals surface area contributed by atoms with Crippen LogP contribution in [0.2, 0.25) is 10.0 Å². The van der Waals surface area contributed by atoms with Crippen LogP contribution in [0.4, 0.5) is 0 Å². The van der Waals surface area contributed by atoms with Crippen molar-refractivity contribution in [2.45, 2.75) is 19.8 Å². The molecule has 6 heteroatoms. The number of ether oxygens (including phenoxy) is 1. The quantitative estimate of drug-likeness (QED) is 0.376. The Morgan fingerprint density at radius 3 is 2.38 bits per heavy atom. The van der Waals surface area contributed by atoms with E-state index in [1.807, 2.05) is 49.4 Å². The van der Waals surface area contributed by atoms with Crippen molar-refractivity contribution in [3.05, 3.63) is 58.1 Å². The Morgan fingerprint density at radius 2 is 1.73 bits per heavy atom. The van der Waals surface area contributed by atoms with E-state index in [9.17, 15) is 0 Å². The van der Waals surface area contributed by atoms with Crippen molar-refractivity contribution in [1.29, 1.82) is 5.41 Å². The zero-order valence-electron chi connectivity index (χ0n) is 14.7. The van der Waals surface area contributed by atoms with E-state index in [1.54, 1.807) is 0 Å². The van der Waals surface area contributed by atoms with Gasteiger partial charge in [-0.3, -0.25) is 5.41 Å². The average Bonchev–Trinajstić information content (AvgIpc) is 2.85. The molecule has 0 bridgehead atoms. The molecule has 138 valence electrons. The van der Waals surface area contributed by atoms with E-state index in [-0.39, 0.29) is 12.4 Å². The largest absolute Gasteiger partial charge is 0.481 e. The number of hydrogen-bond donors (Lipinski definition) is 1. The van der Waals surface area contributed by atoms with Gasteiger partial charge < -0.3 is 9.30 Å². The molecular formula is C20H21Cl3N2O. The molecule has 0 amide bonds. The summed E-state index contributed by atoms with van der Waals surface area (Å²) in [6, 6.07) is 13.8. The molecule has 0 atom stereocenters. The van der Waals surface area contributed by atoms with Gasteiger partial charge in [0.25, 0.3) is 0 Å². The van der Waals surface area contributed by atoms with Gasteiger partial charge in [-0.05, 0) is 54.8 Å². The van der Waals surface area contributed by atoms with E-state index in [2.05, 4.69) is 11.6 Å². The van der Waals surface area contributed by atoms with Gasteiger partial charge in [-0.25, -0.2) is 0 Å². The van der Waals surface area contributed by atoms with E-state index in [0.717, 1.165) is 22.2 Å². The molecule has 3 aromatic rings. The first-order chi connectivity index (χ1) is 12.0. The molecule has 0 saturated carbocycles. The number of hydrogen-bond acceptors (Lipinski definition) is 2. The van der Waals surface area contributed by atoms with Crippen LogP contribution in [-0.2, 0) is 18.2 Å². The topological polar surface area (TPSA) is 38.0 Å². The lowest BCUT2D eigenvalue weighted by molar-refractivity contribution is 0.314. The fourth-order valence-electron chi connectivity index (χ4n) is 3.21. The van der Waals surface area contributed by atoms with Gasteiger partial charge in [-0.1, -0.05) is 35.3 Å². The highest BCUT2D eigenvalue weighted by Crippen LogP contribution is 2.35. The Labute approximate surface area is 169 Å². The minimum absolute atomic E-state index is 0. The fourth-order valence-corrected chi connectivity index (χ4v) is 3.50. The summed E-state index contributed by atoms with van der Waals surface area (Å²) in [5, 5.41) is 10.5. The molecule has 0 aliphatic heterocycles. The Morgan fingerprint density at radius 1 is 1.08 bits per heavy atom. The second-order valence-electron chi connectivity index (χ2n) is 5.91. The van der Waals surface area contributed by atoms with Crippen molar-refractivity contribution in [3.8, 4) is 11.3 Å². The van der Waals surface area contributed by atoms with Gasteiger partial charge in [-0.15, -0.1) is 12.4 Å². The lowest BCUT2D eigenvalue weighted by atomic mass is 10.0. The van der Waals surface area contributed by atoms with Crippen molar-refractivity contribution >= 4 is 52.4 Å². The van der Waals surface area contributed by atoms with Crippen molar-refractivity contribution in [2.24, 2.45) is 7.05 Å². The van der Waals surface area contributed by atoms with Crippen LogP contribution >= 0.6 is 35.6 Å². The maximum Gasteiger partial charge on any atom is 0.180 e. The lowest BCUT2D eigenvalue weighted by Gasteiger charge is -2.10. The van der Waals surface area contributed by atoms with Crippen molar-refractivity contribution in [3.63, 3.8) is 0 Å². The Kier molecular flexibility index (Phi) is 6.99. The van der Waals surface area contributed by atoms with E-state index in [0.29, 0.717) is 35.4 Å². The first-order valence-corrected chi connectivity index (χ1v) is 8.99. The van der Waals surface area contributed by atoms with Gasteiger partial charge in [0.15, 0.2) is 5.90 Å². The number of halogens is 3. The molecule has 1 aromatic heterocycles. The molecule has 0 unspecified atom stereocenters. The normalized spacial score (nSPS) is 10.6. The third-order valence-corrected chi connectivity index (χ3v) is 4.79. The van der Waals surface area contributed by atoms with Crippen LogP contribution in [0.3, 0.4) is 0 Å². The number of rotatable bonds is 5. The summed E-state index contributed by atoms with van der Waals surface area (Å²) in [6.07, 6.45) is 1.27. The molecule has 0 spiro atoms. The minimum Gasteiger partial charge on any atom is -0.481 e. The summed E-state index contributed by atoms with van der Waals surface area (Å²) < 4.78 is 7.48. The van der Waals surface area contributed by atoms with Gasteiger partial charge in [0.05, 0.1) is 12.3 Å². The highest BCUT2D eigenvalue weighted by molar-refractivity contribution is 6.31. The molecule has 3 nitrogen and oxygen atoms in total. The first-order valence-electron chi connectivity index (χ1n) is 8.24. The Balaban J connectivity index is 0.00000243. The molecule has 0 fully saturated rings. The second-order valence-corrected chi connectivity index (χ2v) is 6.78. The van der Waals surface area contributed by atoms with Crippen LogP contribution in [0.5, 0.6) is 0 Å². The van der Waals surface area contributed by atoms with Gasteiger partial charge in [0, 0.05) is 34.4 Å². The molecule has 1 N–H and O–H groups in total. The van der Waals surface area contributed by atoms with Crippen molar-refractivity contribution in [1.82, 2.24) is 4.57 Å². The molecule has 0 aliphatic rings. The number of aryl methyl sites for hydroxylation is 2. The SMILES string of the molecule is CCOC(=N)CCc1c(-c2ccc(Cl)cc2)n(C)c2ccc(Cl)cc12.Cl. The summed E-state index contributed by atoms with van der Waals surface area (Å²) in [5.74, 6) is 0.309. The smallest absolute Gasteiger partial charge is 0.180 e. The number of aromatic nitrogens is 1. The lowest BCUT2D eigenvalue weighted by Crippen LogP contribution is -2.05. The Bertz CT molecular complexity index is 917. The van der Waals surface area contributed by atoms with Crippen LogP contribution in [0, 0.1) is 5.41 Å². The summed E-state index contributed by atoms with van der Waals surface area (Å²) >= 11 is 12.3.